The molecule has 2 rings (SSSR count). The van der Waals surface area contributed by atoms with Crippen molar-refractivity contribution in [2.45, 2.75) is 0 Å². The van der Waals surface area contributed by atoms with E-state index in [9.17, 15) is 0 Å². The van der Waals surface area contributed by atoms with Crippen molar-refractivity contribution in [2.24, 2.45) is 0 Å². The van der Waals surface area contributed by atoms with Crippen molar-refractivity contribution in [2.75, 3.05) is 0 Å². The van der Waals surface area contributed by atoms with Crippen LogP contribution in [0.3, 0.4) is 0 Å². The van der Waals surface area contributed by atoms with Crippen LogP contribution in [0.2, 0.25) is 10.0 Å². The first-order valence-electron chi connectivity index (χ1n) is 4.52. The number of halogens is 2. The first-order chi connectivity index (χ1) is 7.24. The molecule has 0 spiro atoms. The van der Waals surface area contributed by atoms with Gasteiger partial charge in [-0.15, -0.1) is 0 Å². The van der Waals surface area contributed by atoms with E-state index in [-0.39, 0.29) is 0 Å². The van der Waals surface area contributed by atoms with Gasteiger partial charge in [0.1, 0.15) is 0 Å². The van der Waals surface area contributed by atoms with E-state index in [1.807, 2.05) is 24.3 Å². The molecule has 76 valence electrons. The van der Waals surface area contributed by atoms with E-state index >= 15 is 0 Å². The Morgan fingerprint density at radius 3 is 1.27 bits per heavy atom. The summed E-state index contributed by atoms with van der Waals surface area (Å²) in [6.07, 6.45) is 0. The number of benzene rings is 2. The minimum Gasteiger partial charge on any atom is -0.0843 e. The molecular formula is C12H9Cl2P. The Labute approximate surface area is 101 Å². The highest BCUT2D eigenvalue weighted by molar-refractivity contribution is 7.55. The molecule has 0 aliphatic heterocycles. The summed E-state index contributed by atoms with van der Waals surface area (Å²) in [5, 5.41) is 4.11. The predicted octanol–water partition coefficient (Wildman–Crippen LogP) is 3.62. The quantitative estimate of drug-likeness (QED) is 0.719. The minimum atomic E-state index is 0.652. The third-order valence-corrected chi connectivity index (χ3v) is 3.73. The minimum absolute atomic E-state index is 0.652. The average Bonchev–Trinajstić information content (AvgIpc) is 2.25. The van der Waals surface area contributed by atoms with E-state index in [1.165, 1.54) is 10.6 Å². The fraction of sp³-hybridized carbons (Fsp3) is 0. The van der Waals surface area contributed by atoms with Gasteiger partial charge in [0.05, 0.1) is 0 Å². The van der Waals surface area contributed by atoms with Crippen LogP contribution in [0.15, 0.2) is 48.5 Å². The highest BCUT2D eigenvalue weighted by Crippen LogP contribution is 2.14. The largest absolute Gasteiger partial charge is 0.0843 e. The third kappa shape index (κ3) is 3.21. The summed E-state index contributed by atoms with van der Waals surface area (Å²) in [5.74, 6) is 0. The fourth-order valence-corrected chi connectivity index (χ4v) is 2.49. The molecule has 0 amide bonds. The second-order valence-corrected chi connectivity index (χ2v) is 5.42. The van der Waals surface area contributed by atoms with Crippen LogP contribution in [-0.4, -0.2) is 0 Å². The summed E-state index contributed by atoms with van der Waals surface area (Å²) in [5.41, 5.74) is 0. The van der Waals surface area contributed by atoms with Crippen molar-refractivity contribution >= 4 is 42.4 Å². The second-order valence-electron chi connectivity index (χ2n) is 3.14. The first kappa shape index (κ1) is 11.0. The maximum Gasteiger partial charge on any atom is 0.0406 e. The van der Waals surface area contributed by atoms with Gasteiger partial charge >= 0.3 is 0 Å². The summed E-state index contributed by atoms with van der Waals surface area (Å²) in [4.78, 5) is 0. The third-order valence-electron chi connectivity index (χ3n) is 1.98. The van der Waals surface area contributed by atoms with Crippen LogP contribution in [-0.2, 0) is 0 Å². The Hall–Kier alpha value is -0.550. The molecule has 2 aromatic carbocycles. The van der Waals surface area contributed by atoms with E-state index in [0.29, 0.717) is 8.58 Å². The lowest BCUT2D eigenvalue weighted by Gasteiger charge is -2.02. The summed E-state index contributed by atoms with van der Waals surface area (Å²) < 4.78 is 0. The summed E-state index contributed by atoms with van der Waals surface area (Å²) in [7, 11) is 0.652. The Morgan fingerprint density at radius 2 is 0.933 bits per heavy atom. The first-order valence-corrected chi connectivity index (χ1v) is 6.28. The lowest BCUT2D eigenvalue weighted by Crippen LogP contribution is -2.01. The lowest BCUT2D eigenvalue weighted by molar-refractivity contribution is 1.75. The summed E-state index contributed by atoms with van der Waals surface area (Å²) in [6.45, 7) is 0. The Kier molecular flexibility index (Phi) is 3.64. The van der Waals surface area contributed by atoms with Crippen LogP contribution in [0.4, 0.5) is 0 Å². The van der Waals surface area contributed by atoms with Crippen molar-refractivity contribution in [3.05, 3.63) is 58.6 Å². The summed E-state index contributed by atoms with van der Waals surface area (Å²) in [6, 6.07) is 15.9. The van der Waals surface area contributed by atoms with E-state index in [1.54, 1.807) is 0 Å². The topological polar surface area (TPSA) is 0 Å². The van der Waals surface area contributed by atoms with Crippen LogP contribution in [0, 0.1) is 0 Å². The van der Waals surface area contributed by atoms with Crippen molar-refractivity contribution < 1.29 is 0 Å². The molecule has 0 heterocycles. The molecule has 0 atom stereocenters. The molecule has 0 N–H and O–H groups in total. The SMILES string of the molecule is Clc1ccc(Pc2ccc(Cl)cc2)cc1. The molecule has 0 nitrogen and oxygen atoms in total. The molecule has 0 radical (unpaired) electrons. The van der Waals surface area contributed by atoms with E-state index in [0.717, 1.165) is 10.0 Å². The van der Waals surface area contributed by atoms with Crippen LogP contribution < -0.4 is 10.6 Å². The molecule has 0 bridgehead atoms. The molecule has 0 unspecified atom stereocenters. The normalized spacial score (nSPS) is 10.3. The highest BCUT2D eigenvalue weighted by atomic mass is 35.5. The predicted molar refractivity (Wildman–Crippen MR) is 70.5 cm³/mol. The van der Waals surface area contributed by atoms with Gasteiger partial charge in [-0.2, -0.15) is 0 Å². The Morgan fingerprint density at radius 1 is 0.600 bits per heavy atom. The average molecular weight is 255 g/mol. The smallest absolute Gasteiger partial charge is 0.0406 e. The van der Waals surface area contributed by atoms with E-state index in [2.05, 4.69) is 24.3 Å². The zero-order valence-corrected chi connectivity index (χ0v) is 10.4. The van der Waals surface area contributed by atoms with Crippen molar-refractivity contribution in [3.63, 3.8) is 0 Å². The lowest BCUT2D eigenvalue weighted by atomic mass is 10.4. The molecule has 15 heavy (non-hydrogen) atoms. The molecule has 3 heteroatoms. The van der Waals surface area contributed by atoms with Gasteiger partial charge in [-0.3, -0.25) is 0 Å². The van der Waals surface area contributed by atoms with Crippen LogP contribution in [0.25, 0.3) is 0 Å². The van der Waals surface area contributed by atoms with Crippen LogP contribution in [0.5, 0.6) is 0 Å². The number of rotatable bonds is 2. The van der Waals surface area contributed by atoms with Crippen LogP contribution in [0.1, 0.15) is 0 Å². The fourth-order valence-electron chi connectivity index (χ4n) is 1.23. The van der Waals surface area contributed by atoms with Crippen LogP contribution >= 0.6 is 31.8 Å². The number of hydrogen-bond acceptors (Lipinski definition) is 0. The van der Waals surface area contributed by atoms with E-state index in [4.69, 9.17) is 23.2 Å². The molecule has 2 aromatic rings. The molecule has 0 saturated carbocycles. The Balaban J connectivity index is 2.15. The molecular weight excluding hydrogens is 246 g/mol. The van der Waals surface area contributed by atoms with Gasteiger partial charge in [-0.1, -0.05) is 56.0 Å². The molecule has 0 saturated heterocycles. The van der Waals surface area contributed by atoms with E-state index < -0.39 is 0 Å². The highest BCUT2D eigenvalue weighted by Gasteiger charge is 1.96. The standard InChI is InChI=1S/C12H9Cl2P/c13-9-1-5-11(6-2-9)15-12-7-3-10(14)4-8-12/h1-8,15H. The van der Waals surface area contributed by atoms with Gasteiger partial charge < -0.3 is 0 Å². The second kappa shape index (κ2) is 4.99. The van der Waals surface area contributed by atoms with Crippen molar-refractivity contribution in [1.82, 2.24) is 0 Å². The van der Waals surface area contributed by atoms with Crippen molar-refractivity contribution in [1.29, 1.82) is 0 Å². The monoisotopic (exact) mass is 254 g/mol. The molecule has 0 aliphatic rings. The molecule has 0 fully saturated rings. The van der Waals surface area contributed by atoms with Gasteiger partial charge in [0, 0.05) is 10.0 Å². The van der Waals surface area contributed by atoms with Gasteiger partial charge in [-0.25, -0.2) is 0 Å². The molecule has 0 aliphatic carbocycles. The number of hydrogen-bond donors (Lipinski definition) is 0. The summed E-state index contributed by atoms with van der Waals surface area (Å²) >= 11 is 11.6. The zero-order chi connectivity index (χ0) is 10.7. The maximum absolute atomic E-state index is 5.82. The zero-order valence-electron chi connectivity index (χ0n) is 7.87. The molecule has 0 aromatic heterocycles. The van der Waals surface area contributed by atoms with Gasteiger partial charge in [-0.05, 0) is 34.9 Å². The maximum atomic E-state index is 5.82. The van der Waals surface area contributed by atoms with Gasteiger partial charge in [0.2, 0.25) is 0 Å². The Bertz CT molecular complexity index is 391. The van der Waals surface area contributed by atoms with Crippen molar-refractivity contribution in [3.8, 4) is 0 Å². The van der Waals surface area contributed by atoms with Gasteiger partial charge in [0.15, 0.2) is 0 Å². The van der Waals surface area contributed by atoms with Gasteiger partial charge in [0.25, 0.3) is 0 Å².